The van der Waals surface area contributed by atoms with E-state index in [1.165, 1.54) is 14.2 Å². The van der Waals surface area contributed by atoms with Crippen LogP contribution in [-0.4, -0.2) is 66.9 Å². The van der Waals surface area contributed by atoms with Crippen molar-refractivity contribution in [3.8, 4) is 0 Å². The maximum absolute atomic E-state index is 14.2. The normalized spacial score (nSPS) is 30.5. The summed E-state index contributed by atoms with van der Waals surface area (Å²) in [6, 6.07) is 8.88. The number of carbonyl (C=O) groups excluding carboxylic acids is 3. The number of hydrogen-bond donors (Lipinski definition) is 1. The van der Waals surface area contributed by atoms with Crippen molar-refractivity contribution < 1.29 is 23.9 Å². The first kappa shape index (κ1) is 21.1. The summed E-state index contributed by atoms with van der Waals surface area (Å²) in [6.07, 6.45) is 3.19. The van der Waals surface area contributed by atoms with Gasteiger partial charge in [-0.1, -0.05) is 12.1 Å². The number of ketones is 1. The minimum Gasteiger partial charge on any atom is -0.468 e. The number of nitrogens with one attached hydrogen (secondary N) is 1. The fraction of sp³-hybridized carbons (Fsp3) is 0.409. The highest BCUT2D eigenvalue weighted by atomic mass is 16.5. The van der Waals surface area contributed by atoms with E-state index in [0.717, 1.165) is 0 Å². The van der Waals surface area contributed by atoms with E-state index in [0.29, 0.717) is 11.4 Å². The van der Waals surface area contributed by atoms with Gasteiger partial charge in [0.15, 0.2) is 16.6 Å². The van der Waals surface area contributed by atoms with Crippen molar-refractivity contribution in [3.63, 3.8) is 0 Å². The number of pyridine rings is 2. The smallest absolute Gasteiger partial charge is 0.322 e. The Hall–Kier alpha value is -3.17. The van der Waals surface area contributed by atoms with Gasteiger partial charge in [-0.3, -0.25) is 29.7 Å². The summed E-state index contributed by atoms with van der Waals surface area (Å²) in [4.78, 5) is 51.3. The van der Waals surface area contributed by atoms with Crippen LogP contribution in [0.5, 0.6) is 0 Å². The fourth-order valence-electron chi connectivity index (χ4n) is 5.03. The van der Waals surface area contributed by atoms with Crippen molar-refractivity contribution in [2.24, 2.45) is 10.8 Å². The van der Waals surface area contributed by atoms with E-state index in [2.05, 4.69) is 15.3 Å². The van der Waals surface area contributed by atoms with E-state index in [1.807, 2.05) is 0 Å². The lowest BCUT2D eigenvalue weighted by Crippen LogP contribution is -2.75. The zero-order chi connectivity index (χ0) is 22.2. The molecule has 9 nitrogen and oxygen atoms in total. The van der Waals surface area contributed by atoms with E-state index in [1.54, 1.807) is 60.7 Å². The summed E-state index contributed by atoms with van der Waals surface area (Å²) < 4.78 is 10.2. The van der Waals surface area contributed by atoms with Gasteiger partial charge in [-0.25, -0.2) is 0 Å². The van der Waals surface area contributed by atoms with E-state index in [4.69, 9.17) is 9.47 Å². The van der Waals surface area contributed by atoms with Gasteiger partial charge in [-0.05, 0) is 31.3 Å². The van der Waals surface area contributed by atoms with Crippen LogP contribution in [0.15, 0.2) is 48.8 Å². The molecule has 2 fully saturated rings. The van der Waals surface area contributed by atoms with Crippen LogP contribution in [0, 0.1) is 10.8 Å². The molecule has 0 radical (unpaired) electrons. The summed E-state index contributed by atoms with van der Waals surface area (Å²) in [5.41, 5.74) is -2.38. The molecule has 2 aliphatic heterocycles. The molecule has 9 heteroatoms. The minimum absolute atomic E-state index is 0.0699. The van der Waals surface area contributed by atoms with Gasteiger partial charge < -0.3 is 14.4 Å². The monoisotopic (exact) mass is 424 g/mol. The molecule has 2 unspecified atom stereocenters. The predicted molar refractivity (Wildman–Crippen MR) is 108 cm³/mol. The average Bonchev–Trinajstić information content (AvgIpc) is 2.80. The van der Waals surface area contributed by atoms with Crippen molar-refractivity contribution in [3.05, 3.63) is 60.2 Å². The number of piperidine rings is 2. The lowest BCUT2D eigenvalue weighted by Gasteiger charge is -2.56. The molecule has 0 saturated carbocycles. The highest BCUT2D eigenvalue weighted by Gasteiger charge is 2.73. The molecule has 2 saturated heterocycles. The van der Waals surface area contributed by atoms with Gasteiger partial charge in [0.05, 0.1) is 37.7 Å². The molecule has 2 aromatic rings. The second-order valence-corrected chi connectivity index (χ2v) is 7.97. The lowest BCUT2D eigenvalue weighted by atomic mass is 9.55. The third kappa shape index (κ3) is 2.95. The molecular formula is C22H24N4O5. The highest BCUT2D eigenvalue weighted by Crippen LogP contribution is 2.55. The largest absolute Gasteiger partial charge is 0.468 e. The van der Waals surface area contributed by atoms with Gasteiger partial charge in [0.25, 0.3) is 0 Å². The van der Waals surface area contributed by atoms with E-state index >= 15 is 0 Å². The Kier molecular flexibility index (Phi) is 5.32. The number of nitrogens with zero attached hydrogens (tertiary/aromatic N) is 3. The molecule has 0 aromatic carbocycles. The number of hydrogen-bond acceptors (Lipinski definition) is 9. The van der Waals surface area contributed by atoms with Gasteiger partial charge >= 0.3 is 11.9 Å². The van der Waals surface area contributed by atoms with Crippen LogP contribution in [0.3, 0.4) is 0 Å². The third-order valence-corrected chi connectivity index (χ3v) is 6.23. The van der Waals surface area contributed by atoms with Crippen LogP contribution >= 0.6 is 0 Å². The second kappa shape index (κ2) is 7.82. The molecular weight excluding hydrogens is 400 g/mol. The summed E-state index contributed by atoms with van der Waals surface area (Å²) in [5.74, 6) is -1.98. The maximum Gasteiger partial charge on any atom is 0.322 e. The number of ether oxygens (including phenoxy) is 2. The molecule has 1 N–H and O–H groups in total. The van der Waals surface area contributed by atoms with Crippen LogP contribution in [0.25, 0.3) is 0 Å². The van der Waals surface area contributed by atoms with Crippen molar-refractivity contribution >= 4 is 17.7 Å². The van der Waals surface area contributed by atoms with Crippen molar-refractivity contribution in [2.75, 3.05) is 34.4 Å². The van der Waals surface area contributed by atoms with Crippen LogP contribution in [-0.2, 0) is 23.9 Å². The third-order valence-electron chi connectivity index (χ3n) is 6.23. The number of esters is 2. The zero-order valence-electron chi connectivity index (χ0n) is 17.6. The van der Waals surface area contributed by atoms with Crippen LogP contribution in [0.1, 0.15) is 23.5 Å². The van der Waals surface area contributed by atoms with E-state index in [-0.39, 0.29) is 13.1 Å². The van der Waals surface area contributed by atoms with Gasteiger partial charge in [-0.2, -0.15) is 0 Å². The van der Waals surface area contributed by atoms with Gasteiger partial charge in [0.2, 0.25) is 0 Å². The second-order valence-electron chi connectivity index (χ2n) is 7.97. The van der Waals surface area contributed by atoms with E-state index in [9.17, 15) is 14.4 Å². The number of methoxy groups -OCH3 is 2. The SMILES string of the molecule is COC(=O)C12CN(C)CC(C(=O)OC)(C1=O)[C@H](c1ccccn1)N[C@@H]2c1ccccn1. The number of likely N-dealkylation sites (tertiary alicyclic amines) is 1. The molecule has 2 aromatic heterocycles. The Morgan fingerprint density at radius 1 is 0.935 bits per heavy atom. The van der Waals surface area contributed by atoms with Crippen LogP contribution < -0.4 is 5.32 Å². The number of Topliss-reactive ketones (excluding diaryl/α,β-unsaturated/α-hetero) is 1. The van der Waals surface area contributed by atoms with Gasteiger partial charge in [0, 0.05) is 25.5 Å². The average molecular weight is 424 g/mol. The number of aromatic nitrogens is 2. The summed E-state index contributed by atoms with van der Waals surface area (Å²) >= 11 is 0. The Bertz CT molecular complexity index is 924. The first-order valence-electron chi connectivity index (χ1n) is 9.90. The quantitative estimate of drug-likeness (QED) is 0.560. The number of rotatable bonds is 4. The molecule has 4 heterocycles. The Morgan fingerprint density at radius 3 is 1.74 bits per heavy atom. The topological polar surface area (TPSA) is 111 Å². The van der Waals surface area contributed by atoms with Crippen molar-refractivity contribution in [1.82, 2.24) is 20.2 Å². The number of carbonyl (C=O) groups is 3. The molecule has 162 valence electrons. The lowest BCUT2D eigenvalue weighted by molar-refractivity contribution is -0.189. The molecule has 31 heavy (non-hydrogen) atoms. The summed E-state index contributed by atoms with van der Waals surface area (Å²) in [5, 5.41) is 3.38. The molecule has 0 spiro atoms. The molecule has 2 bridgehead atoms. The molecule has 2 aliphatic rings. The Balaban J connectivity index is 2.01. The highest BCUT2D eigenvalue weighted by molar-refractivity contribution is 6.17. The minimum atomic E-state index is -1.68. The standard InChI is InChI=1S/C22H24N4O5/c1-26-12-21(19(28)30-2)16(14-8-4-6-10-23-14)25-17(15-9-5-7-11-24-15)22(13-26,18(21)27)20(29)31-3/h4-11,16-17,25H,12-13H2,1-3H3/t16-,17+,21?,22?. The first-order valence-corrected chi connectivity index (χ1v) is 9.90. The van der Waals surface area contributed by atoms with E-state index < -0.39 is 40.6 Å². The van der Waals surface area contributed by atoms with Crippen molar-refractivity contribution in [2.45, 2.75) is 12.1 Å². The van der Waals surface area contributed by atoms with Crippen molar-refractivity contribution in [1.29, 1.82) is 0 Å². The Morgan fingerprint density at radius 2 is 1.39 bits per heavy atom. The zero-order valence-corrected chi connectivity index (χ0v) is 17.6. The van der Waals surface area contributed by atoms with Crippen LogP contribution in [0.2, 0.25) is 0 Å². The van der Waals surface area contributed by atoms with Gasteiger partial charge in [0.1, 0.15) is 0 Å². The Labute approximate surface area is 179 Å². The maximum atomic E-state index is 14.2. The molecule has 4 atom stereocenters. The van der Waals surface area contributed by atoms with Gasteiger partial charge in [-0.15, -0.1) is 0 Å². The predicted octanol–water partition coefficient (Wildman–Crippen LogP) is 0.696. The molecule has 0 amide bonds. The fourth-order valence-corrected chi connectivity index (χ4v) is 5.03. The van der Waals surface area contributed by atoms with Crippen LogP contribution in [0.4, 0.5) is 0 Å². The summed E-state index contributed by atoms with van der Waals surface area (Å²) in [7, 11) is 4.23. The molecule has 0 aliphatic carbocycles. The summed E-state index contributed by atoms with van der Waals surface area (Å²) in [6.45, 7) is 0.140. The number of fused-ring (bicyclic) bond motifs is 2. The first-order chi connectivity index (χ1) is 14.9. The molecule has 4 rings (SSSR count).